The van der Waals surface area contributed by atoms with Gasteiger partial charge in [0, 0.05) is 6.04 Å². The predicted octanol–water partition coefficient (Wildman–Crippen LogP) is 4.42. The van der Waals surface area contributed by atoms with Crippen molar-refractivity contribution in [3.8, 4) is 23.1 Å². The lowest BCUT2D eigenvalue weighted by Gasteiger charge is -2.35. The summed E-state index contributed by atoms with van der Waals surface area (Å²) in [7, 11) is 0. The van der Waals surface area contributed by atoms with Crippen LogP contribution in [0.25, 0.3) is 11.0 Å². The van der Waals surface area contributed by atoms with Crippen LogP contribution in [0.4, 0.5) is 0 Å². The Morgan fingerprint density at radius 2 is 1.69 bits per heavy atom. The Morgan fingerprint density at radius 3 is 2.41 bits per heavy atom. The van der Waals surface area contributed by atoms with E-state index < -0.39 is 0 Å². The molecule has 0 unspecified atom stereocenters. The summed E-state index contributed by atoms with van der Waals surface area (Å²) in [5.41, 5.74) is 1.44. The molecule has 0 bridgehead atoms. The number of nitrogens with zero attached hydrogens (tertiary/aromatic N) is 4. The monoisotopic (exact) mass is 427 g/mol. The molecule has 0 saturated heterocycles. The molecule has 5 rings (SSSR count). The zero-order valence-corrected chi connectivity index (χ0v) is 17.2. The molecular formula is C24H21N5O3. The van der Waals surface area contributed by atoms with Crippen LogP contribution in [0, 0.1) is 0 Å². The highest BCUT2D eigenvalue weighted by molar-refractivity contribution is 5.87. The van der Waals surface area contributed by atoms with Gasteiger partial charge in [-0.25, -0.2) is 4.98 Å². The number of hydrogen-bond donors (Lipinski definition) is 1. The molecule has 0 radical (unpaired) electrons. The maximum Gasteiger partial charge on any atom is 0.248 e. The Hall–Kier alpha value is -4.20. The van der Waals surface area contributed by atoms with Crippen LogP contribution in [0.1, 0.15) is 18.9 Å². The number of ether oxygens (including phenoxy) is 2. The fraction of sp³-hybridized carbons (Fsp3) is 0.167. The van der Waals surface area contributed by atoms with Gasteiger partial charge in [0.1, 0.15) is 34.6 Å². The van der Waals surface area contributed by atoms with E-state index in [9.17, 15) is 4.79 Å². The predicted molar refractivity (Wildman–Crippen MR) is 119 cm³/mol. The Balaban J connectivity index is 1.32. The molecule has 1 fully saturated rings. The second-order valence-corrected chi connectivity index (χ2v) is 7.53. The number of benzene rings is 2. The molecule has 160 valence electrons. The Morgan fingerprint density at radius 1 is 1.00 bits per heavy atom. The lowest BCUT2D eigenvalue weighted by molar-refractivity contribution is -0.117. The van der Waals surface area contributed by atoms with E-state index in [1.54, 1.807) is 6.20 Å². The third-order valence-electron chi connectivity index (χ3n) is 5.36. The molecule has 4 aromatic rings. The molecule has 0 atom stereocenters. The molecule has 2 aromatic heterocycles. The molecule has 1 amide bonds. The first-order valence-corrected chi connectivity index (χ1v) is 10.3. The highest BCUT2D eigenvalue weighted by Crippen LogP contribution is 2.37. The molecule has 2 heterocycles. The van der Waals surface area contributed by atoms with Crippen LogP contribution in [0.5, 0.6) is 23.1 Å². The first kappa shape index (κ1) is 19.7. The minimum absolute atomic E-state index is 0.107. The summed E-state index contributed by atoms with van der Waals surface area (Å²) in [6, 6.07) is 17.2. The third kappa shape index (κ3) is 4.02. The van der Waals surface area contributed by atoms with Crippen molar-refractivity contribution in [3.05, 3.63) is 79.8 Å². The van der Waals surface area contributed by atoms with E-state index in [0.717, 1.165) is 24.1 Å². The fourth-order valence-corrected chi connectivity index (χ4v) is 3.69. The molecule has 8 heteroatoms. The van der Waals surface area contributed by atoms with Crippen molar-refractivity contribution in [2.45, 2.75) is 24.9 Å². The summed E-state index contributed by atoms with van der Waals surface area (Å²) in [6.45, 7) is 3.49. The lowest BCUT2D eigenvalue weighted by atomic mass is 9.86. The van der Waals surface area contributed by atoms with Gasteiger partial charge in [-0.05, 0) is 55.3 Å². The van der Waals surface area contributed by atoms with Crippen molar-refractivity contribution < 1.29 is 14.3 Å². The van der Waals surface area contributed by atoms with E-state index in [-0.39, 0.29) is 18.0 Å². The van der Waals surface area contributed by atoms with Gasteiger partial charge in [0.15, 0.2) is 0 Å². The average molecular weight is 427 g/mol. The summed E-state index contributed by atoms with van der Waals surface area (Å²) in [5.74, 6) is 2.38. The van der Waals surface area contributed by atoms with Crippen LogP contribution in [-0.2, 0) is 4.79 Å². The molecular weight excluding hydrogens is 406 g/mol. The van der Waals surface area contributed by atoms with Gasteiger partial charge in [-0.2, -0.15) is 10.1 Å². The second kappa shape index (κ2) is 8.50. The first-order chi connectivity index (χ1) is 15.7. The molecule has 0 aliphatic heterocycles. The number of carbonyl (C=O) groups is 1. The number of rotatable bonds is 7. The van der Waals surface area contributed by atoms with Gasteiger partial charge >= 0.3 is 0 Å². The van der Waals surface area contributed by atoms with Gasteiger partial charge in [-0.15, -0.1) is 0 Å². The zero-order valence-electron chi connectivity index (χ0n) is 17.2. The highest BCUT2D eigenvalue weighted by atomic mass is 16.5. The maximum absolute atomic E-state index is 11.5. The van der Waals surface area contributed by atoms with Crippen LogP contribution in [0.3, 0.4) is 0 Å². The van der Waals surface area contributed by atoms with Gasteiger partial charge in [-0.1, -0.05) is 24.8 Å². The number of para-hydroxylation sites is 1. The third-order valence-corrected chi connectivity index (χ3v) is 5.36. The molecule has 8 nitrogen and oxygen atoms in total. The smallest absolute Gasteiger partial charge is 0.248 e. The molecule has 1 N–H and O–H groups in total. The molecule has 1 aliphatic carbocycles. The average Bonchev–Trinajstić information content (AvgIpc) is 3.22. The van der Waals surface area contributed by atoms with Crippen molar-refractivity contribution in [2.24, 2.45) is 0 Å². The Labute approximate surface area is 184 Å². The number of fused-ring (bicyclic) bond motifs is 1. The minimum Gasteiger partial charge on any atom is -0.457 e. The second-order valence-electron chi connectivity index (χ2n) is 7.53. The van der Waals surface area contributed by atoms with Gasteiger partial charge in [0.2, 0.25) is 11.8 Å². The minimum atomic E-state index is -0.161. The maximum atomic E-state index is 11.5. The van der Waals surface area contributed by atoms with E-state index in [4.69, 9.17) is 9.47 Å². The number of hydrogen-bond acceptors (Lipinski definition) is 6. The Bertz CT molecular complexity index is 1250. The summed E-state index contributed by atoms with van der Waals surface area (Å²) in [5, 5.41) is 7.41. The van der Waals surface area contributed by atoms with Gasteiger partial charge in [0.25, 0.3) is 0 Å². The van der Waals surface area contributed by atoms with Crippen LogP contribution < -0.4 is 14.8 Å². The molecule has 1 saturated carbocycles. The summed E-state index contributed by atoms with van der Waals surface area (Å²) in [4.78, 5) is 20.2. The zero-order chi connectivity index (χ0) is 21.9. The highest BCUT2D eigenvalue weighted by Gasteiger charge is 2.33. The van der Waals surface area contributed by atoms with Crippen molar-refractivity contribution >= 4 is 16.9 Å². The number of amides is 1. The van der Waals surface area contributed by atoms with Crippen molar-refractivity contribution in [2.75, 3.05) is 0 Å². The number of nitrogens with one attached hydrogen (secondary N) is 1. The first-order valence-electron chi connectivity index (χ1n) is 10.3. The summed E-state index contributed by atoms with van der Waals surface area (Å²) in [6.07, 6.45) is 6.00. The standard InChI is InChI=1S/C24H21N5O3/c1-2-22(30)28-16-12-17(13-16)29-23-21(14-27-29)25-15-26-24(23)32-20-10-8-19(9-11-20)31-18-6-4-3-5-7-18/h2-11,14-17H,1,12-13H2,(H,28,30). The quantitative estimate of drug-likeness (QED) is 0.439. The number of carbonyl (C=O) groups excluding carboxylic acids is 1. The SMILES string of the molecule is C=CC(=O)NC1CC(n2ncc3ncnc(Oc4ccc(Oc5ccccc5)cc4)c32)C1. The van der Waals surface area contributed by atoms with Crippen molar-refractivity contribution in [1.29, 1.82) is 0 Å². The van der Waals surface area contributed by atoms with E-state index >= 15 is 0 Å². The topological polar surface area (TPSA) is 91.2 Å². The van der Waals surface area contributed by atoms with E-state index in [0.29, 0.717) is 22.9 Å². The molecule has 0 spiro atoms. The van der Waals surface area contributed by atoms with Crippen LogP contribution in [0.15, 0.2) is 79.8 Å². The van der Waals surface area contributed by atoms with Crippen LogP contribution >= 0.6 is 0 Å². The van der Waals surface area contributed by atoms with Gasteiger partial charge in [0.05, 0.1) is 12.2 Å². The van der Waals surface area contributed by atoms with E-state index in [2.05, 4.69) is 27.0 Å². The number of aromatic nitrogens is 4. The van der Waals surface area contributed by atoms with Crippen molar-refractivity contribution in [3.63, 3.8) is 0 Å². The normalized spacial score (nSPS) is 17.4. The lowest BCUT2D eigenvalue weighted by Crippen LogP contribution is -2.44. The van der Waals surface area contributed by atoms with Gasteiger partial charge in [-0.3, -0.25) is 9.48 Å². The van der Waals surface area contributed by atoms with E-state index in [1.165, 1.54) is 12.4 Å². The Kier molecular flexibility index (Phi) is 5.25. The summed E-state index contributed by atoms with van der Waals surface area (Å²) < 4.78 is 13.8. The van der Waals surface area contributed by atoms with Gasteiger partial charge < -0.3 is 14.8 Å². The molecule has 1 aliphatic rings. The van der Waals surface area contributed by atoms with Crippen molar-refractivity contribution in [1.82, 2.24) is 25.1 Å². The molecule has 2 aromatic carbocycles. The fourth-order valence-electron chi connectivity index (χ4n) is 3.69. The van der Waals surface area contributed by atoms with Crippen LogP contribution in [-0.4, -0.2) is 31.7 Å². The summed E-state index contributed by atoms with van der Waals surface area (Å²) >= 11 is 0. The largest absolute Gasteiger partial charge is 0.457 e. The van der Waals surface area contributed by atoms with Crippen LogP contribution in [0.2, 0.25) is 0 Å². The van der Waals surface area contributed by atoms with E-state index in [1.807, 2.05) is 59.3 Å². The molecule has 32 heavy (non-hydrogen) atoms.